The first-order chi connectivity index (χ1) is 18.2. The van der Waals surface area contributed by atoms with Crippen molar-refractivity contribution in [1.82, 2.24) is 15.2 Å². The number of halogens is 6. The van der Waals surface area contributed by atoms with Gasteiger partial charge in [0.2, 0.25) is 5.91 Å². The number of nitrogens with one attached hydrogen (secondary N) is 1. The number of carboxylic acids is 2. The maximum atomic E-state index is 12.4. The predicted octanol–water partition coefficient (Wildman–Crippen LogP) is 3.38. The lowest BCUT2D eigenvalue weighted by Crippen LogP contribution is -2.47. The number of ether oxygens (including phenoxy) is 1. The van der Waals surface area contributed by atoms with E-state index in [1.807, 2.05) is 30.5 Å². The second kappa shape index (κ2) is 13.9. The number of aliphatic carboxylic acids is 2. The van der Waals surface area contributed by atoms with Crippen LogP contribution in [-0.2, 0) is 32.2 Å². The SMILES string of the molecule is O=C(NCc1ccco1)[C@H]1CC[C@@H]2[C@@H](CCN2Cc2ccccn2)O1.O=C(O)C(F)(F)F.O=C(O)C(F)(F)F. The number of likely N-dealkylation sites (tertiary alicyclic amines) is 1. The van der Waals surface area contributed by atoms with Crippen molar-refractivity contribution in [3.05, 3.63) is 54.2 Å². The number of aromatic nitrogens is 1. The number of nitrogens with zero attached hydrogens (tertiary/aromatic N) is 2. The minimum absolute atomic E-state index is 0.0435. The van der Waals surface area contributed by atoms with E-state index in [9.17, 15) is 31.1 Å². The van der Waals surface area contributed by atoms with E-state index in [1.54, 1.807) is 6.26 Å². The summed E-state index contributed by atoms with van der Waals surface area (Å²) in [6, 6.07) is 10.1. The van der Waals surface area contributed by atoms with Gasteiger partial charge in [0, 0.05) is 25.3 Å². The lowest BCUT2D eigenvalue weighted by molar-refractivity contribution is -0.193. The first kappa shape index (κ1) is 31.6. The van der Waals surface area contributed by atoms with E-state index >= 15 is 0 Å². The zero-order valence-electron chi connectivity index (χ0n) is 20.1. The molecule has 39 heavy (non-hydrogen) atoms. The molecule has 0 radical (unpaired) electrons. The predicted molar refractivity (Wildman–Crippen MR) is 119 cm³/mol. The number of hydrogen-bond acceptors (Lipinski definition) is 7. The fourth-order valence-corrected chi connectivity index (χ4v) is 3.80. The Bertz CT molecular complexity index is 1040. The minimum Gasteiger partial charge on any atom is -0.475 e. The van der Waals surface area contributed by atoms with E-state index in [1.165, 1.54) is 0 Å². The summed E-state index contributed by atoms with van der Waals surface area (Å²) < 4.78 is 74.8. The first-order valence-electron chi connectivity index (χ1n) is 11.4. The third-order valence-corrected chi connectivity index (χ3v) is 5.55. The van der Waals surface area contributed by atoms with Crippen LogP contribution in [0.2, 0.25) is 0 Å². The van der Waals surface area contributed by atoms with Crippen LogP contribution < -0.4 is 5.32 Å². The van der Waals surface area contributed by atoms with Crippen molar-refractivity contribution < 1.29 is 60.1 Å². The standard InChI is InChI=1S/C19H23N3O3.2C2HF3O2/c23-19(21-12-15-5-3-11-24-15)18-7-6-16-17(25-18)8-10-22(16)13-14-4-1-2-9-20-14;2*3-2(4,5)1(6)7/h1-5,9,11,16-18H,6-8,10,12-13H2,(H,21,23);2*(H,6,7)/t16-,17-,18-;;/m1../s1. The van der Waals surface area contributed by atoms with Gasteiger partial charge < -0.3 is 24.7 Å². The van der Waals surface area contributed by atoms with Crippen LogP contribution in [0.4, 0.5) is 26.3 Å². The van der Waals surface area contributed by atoms with Crippen LogP contribution in [0.25, 0.3) is 0 Å². The molecule has 16 heteroatoms. The molecule has 2 aliphatic heterocycles. The van der Waals surface area contributed by atoms with Crippen LogP contribution in [0, 0.1) is 0 Å². The van der Waals surface area contributed by atoms with Crippen LogP contribution in [-0.4, -0.2) is 75.1 Å². The van der Waals surface area contributed by atoms with Gasteiger partial charge in [-0.05, 0) is 43.5 Å². The zero-order valence-corrected chi connectivity index (χ0v) is 20.1. The molecular formula is C23H25F6N3O7. The van der Waals surface area contributed by atoms with Crippen molar-refractivity contribution >= 4 is 17.8 Å². The average Bonchev–Trinajstić information content (AvgIpc) is 3.53. The largest absolute Gasteiger partial charge is 0.490 e. The van der Waals surface area contributed by atoms with Gasteiger partial charge in [-0.15, -0.1) is 0 Å². The zero-order chi connectivity index (χ0) is 29.2. The van der Waals surface area contributed by atoms with Crippen molar-refractivity contribution in [3.63, 3.8) is 0 Å². The Hall–Kier alpha value is -3.66. The molecule has 10 nitrogen and oxygen atoms in total. The Kier molecular flexibility index (Phi) is 11.3. The van der Waals surface area contributed by atoms with Crippen molar-refractivity contribution in [2.75, 3.05) is 6.54 Å². The highest BCUT2D eigenvalue weighted by molar-refractivity contribution is 5.80. The molecule has 2 aromatic rings. The molecule has 0 saturated carbocycles. The number of fused-ring (bicyclic) bond motifs is 1. The van der Waals surface area contributed by atoms with Gasteiger partial charge in [-0.1, -0.05) is 6.07 Å². The molecule has 2 aromatic heterocycles. The number of carbonyl (C=O) groups is 3. The summed E-state index contributed by atoms with van der Waals surface area (Å²) in [6.45, 7) is 2.25. The van der Waals surface area contributed by atoms with Crippen molar-refractivity contribution in [3.8, 4) is 0 Å². The summed E-state index contributed by atoms with van der Waals surface area (Å²) in [5.74, 6) is -4.80. The number of rotatable bonds is 5. The quantitative estimate of drug-likeness (QED) is 0.462. The Labute approximate surface area is 217 Å². The lowest BCUT2D eigenvalue weighted by atomic mass is 9.98. The molecular weight excluding hydrogens is 544 g/mol. The number of pyridine rings is 1. The maximum Gasteiger partial charge on any atom is 0.490 e. The molecule has 2 saturated heterocycles. The molecule has 0 unspecified atom stereocenters. The highest BCUT2D eigenvalue weighted by Gasteiger charge is 2.42. The molecule has 216 valence electrons. The summed E-state index contributed by atoms with van der Waals surface area (Å²) in [5.41, 5.74) is 1.08. The van der Waals surface area contributed by atoms with E-state index in [2.05, 4.69) is 21.3 Å². The van der Waals surface area contributed by atoms with Gasteiger partial charge in [-0.3, -0.25) is 14.7 Å². The molecule has 3 N–H and O–H groups in total. The van der Waals surface area contributed by atoms with Crippen LogP contribution in [0.15, 0.2) is 47.2 Å². The third kappa shape index (κ3) is 10.6. The smallest absolute Gasteiger partial charge is 0.475 e. The van der Waals surface area contributed by atoms with E-state index in [-0.39, 0.29) is 18.1 Å². The molecule has 0 spiro atoms. The molecule has 4 heterocycles. The number of hydrogen-bond donors (Lipinski definition) is 3. The number of furan rings is 1. The fraction of sp³-hybridized carbons (Fsp3) is 0.478. The van der Waals surface area contributed by atoms with Gasteiger partial charge in [0.1, 0.15) is 11.9 Å². The lowest BCUT2D eigenvalue weighted by Gasteiger charge is -2.35. The molecule has 0 aromatic carbocycles. The summed E-state index contributed by atoms with van der Waals surface area (Å²) in [7, 11) is 0. The van der Waals surface area contributed by atoms with Crippen LogP contribution in [0.5, 0.6) is 0 Å². The topological polar surface area (TPSA) is 142 Å². The van der Waals surface area contributed by atoms with E-state index in [0.717, 1.165) is 43.8 Å². The number of amides is 1. The van der Waals surface area contributed by atoms with Gasteiger partial charge in [0.05, 0.1) is 24.6 Å². The van der Waals surface area contributed by atoms with Crippen LogP contribution in [0.3, 0.4) is 0 Å². The summed E-state index contributed by atoms with van der Waals surface area (Å²) in [6.07, 6.45) is -4.24. The van der Waals surface area contributed by atoms with Crippen LogP contribution in [0.1, 0.15) is 30.7 Å². The van der Waals surface area contributed by atoms with Gasteiger partial charge in [0.25, 0.3) is 0 Å². The highest BCUT2D eigenvalue weighted by Crippen LogP contribution is 2.32. The monoisotopic (exact) mass is 569 g/mol. The molecule has 2 aliphatic rings. The van der Waals surface area contributed by atoms with Gasteiger partial charge in [-0.2, -0.15) is 26.3 Å². The highest BCUT2D eigenvalue weighted by atomic mass is 19.4. The Balaban J connectivity index is 0.000000317. The second-order valence-electron chi connectivity index (χ2n) is 8.29. The van der Waals surface area contributed by atoms with Gasteiger partial charge >= 0.3 is 24.3 Å². The summed E-state index contributed by atoms with van der Waals surface area (Å²) in [4.78, 5) is 37.0. The summed E-state index contributed by atoms with van der Waals surface area (Å²) in [5, 5.41) is 17.2. The molecule has 0 aliphatic carbocycles. The first-order valence-corrected chi connectivity index (χ1v) is 11.4. The van der Waals surface area contributed by atoms with Crippen molar-refractivity contribution in [2.24, 2.45) is 0 Å². The molecule has 0 bridgehead atoms. The van der Waals surface area contributed by atoms with E-state index in [0.29, 0.717) is 12.6 Å². The van der Waals surface area contributed by atoms with Crippen molar-refractivity contribution in [2.45, 2.75) is 63.0 Å². The van der Waals surface area contributed by atoms with Crippen molar-refractivity contribution in [1.29, 1.82) is 0 Å². The van der Waals surface area contributed by atoms with E-state index < -0.39 is 24.3 Å². The fourth-order valence-electron chi connectivity index (χ4n) is 3.80. The molecule has 4 rings (SSSR count). The van der Waals surface area contributed by atoms with Crippen LogP contribution >= 0.6 is 0 Å². The minimum atomic E-state index is -5.08. The average molecular weight is 569 g/mol. The number of alkyl halides is 6. The summed E-state index contributed by atoms with van der Waals surface area (Å²) >= 11 is 0. The molecule has 3 atom stereocenters. The normalized spacial score (nSPS) is 20.9. The Morgan fingerprint density at radius 3 is 2.13 bits per heavy atom. The maximum absolute atomic E-state index is 12.4. The number of carboxylic acid groups (broad SMARTS) is 2. The molecule has 2 fully saturated rings. The Morgan fingerprint density at radius 2 is 1.62 bits per heavy atom. The van der Waals surface area contributed by atoms with Gasteiger partial charge in [-0.25, -0.2) is 9.59 Å². The molecule has 1 amide bonds. The Morgan fingerprint density at radius 1 is 0.974 bits per heavy atom. The van der Waals surface area contributed by atoms with Gasteiger partial charge in [0.15, 0.2) is 0 Å². The third-order valence-electron chi connectivity index (χ3n) is 5.55. The van der Waals surface area contributed by atoms with E-state index in [4.69, 9.17) is 29.0 Å². The number of carbonyl (C=O) groups excluding carboxylic acids is 1. The second-order valence-corrected chi connectivity index (χ2v) is 8.29.